The first-order valence-electron chi connectivity index (χ1n) is 8.04. The van der Waals surface area contributed by atoms with Gasteiger partial charge in [-0.25, -0.2) is 0 Å². The van der Waals surface area contributed by atoms with Crippen LogP contribution in [0.2, 0.25) is 0 Å². The minimum atomic E-state index is -0.0917. The van der Waals surface area contributed by atoms with Gasteiger partial charge in [0, 0.05) is 22.3 Å². The Balaban J connectivity index is 1.86. The Hall–Kier alpha value is -2.00. The number of thioether (sulfide) groups is 1. The Kier molecular flexibility index (Phi) is 3.74. The van der Waals surface area contributed by atoms with Crippen LogP contribution in [0.25, 0.3) is 0 Å². The van der Waals surface area contributed by atoms with Gasteiger partial charge in [0.25, 0.3) is 0 Å². The summed E-state index contributed by atoms with van der Waals surface area (Å²) in [5.74, 6) is 0.551. The van der Waals surface area contributed by atoms with E-state index in [0.29, 0.717) is 18.1 Å². The molecule has 0 fully saturated rings. The van der Waals surface area contributed by atoms with E-state index < -0.39 is 0 Å². The lowest BCUT2D eigenvalue weighted by molar-refractivity contribution is -0.122. The standard InChI is InChI=1S/C20H19NOS/c1-13-11-16-19(17(22)12-13)20(14-7-3-2-4-8-14)23-18-10-6-5-9-15(18)21-16/h2-11,13,19-21H,12H2,1H3/t13-,19+,20+/m0/s1. The first kappa shape index (κ1) is 14.6. The van der Waals surface area contributed by atoms with Crippen molar-refractivity contribution in [3.05, 3.63) is 71.9 Å². The molecule has 4 rings (SSSR count). The van der Waals surface area contributed by atoms with Crippen LogP contribution < -0.4 is 5.32 Å². The zero-order chi connectivity index (χ0) is 15.8. The lowest BCUT2D eigenvalue weighted by Gasteiger charge is -2.30. The smallest absolute Gasteiger partial charge is 0.143 e. The van der Waals surface area contributed by atoms with Crippen molar-refractivity contribution in [2.75, 3.05) is 5.32 Å². The Labute approximate surface area is 141 Å². The molecule has 23 heavy (non-hydrogen) atoms. The van der Waals surface area contributed by atoms with Crippen LogP contribution in [0.1, 0.15) is 24.2 Å². The molecule has 116 valence electrons. The molecule has 0 amide bonds. The van der Waals surface area contributed by atoms with Gasteiger partial charge in [0.15, 0.2) is 0 Å². The number of carbonyl (C=O) groups excluding carboxylic acids is 1. The minimum absolute atomic E-state index is 0.0917. The van der Waals surface area contributed by atoms with E-state index in [9.17, 15) is 4.79 Å². The second-order valence-corrected chi connectivity index (χ2v) is 7.50. The number of rotatable bonds is 1. The van der Waals surface area contributed by atoms with Gasteiger partial charge in [-0.3, -0.25) is 4.79 Å². The fourth-order valence-corrected chi connectivity index (χ4v) is 4.88. The highest BCUT2D eigenvalue weighted by Gasteiger charge is 2.39. The number of benzene rings is 2. The molecular weight excluding hydrogens is 302 g/mol. The monoisotopic (exact) mass is 321 g/mol. The van der Waals surface area contributed by atoms with Crippen molar-refractivity contribution in [3.63, 3.8) is 0 Å². The summed E-state index contributed by atoms with van der Waals surface area (Å²) in [7, 11) is 0. The molecule has 2 nitrogen and oxygen atoms in total. The lowest BCUT2D eigenvalue weighted by atomic mass is 9.81. The summed E-state index contributed by atoms with van der Waals surface area (Å²) >= 11 is 1.80. The molecule has 3 atom stereocenters. The van der Waals surface area contributed by atoms with Crippen molar-refractivity contribution in [3.8, 4) is 0 Å². The largest absolute Gasteiger partial charge is 0.358 e. The van der Waals surface area contributed by atoms with Crippen LogP contribution in [0.3, 0.4) is 0 Å². The SMILES string of the molecule is C[C@H]1C=C2Nc3ccccc3S[C@H](c3ccccc3)[C@H]2C(=O)C1. The van der Waals surface area contributed by atoms with E-state index >= 15 is 0 Å². The van der Waals surface area contributed by atoms with Crippen LogP contribution in [0.15, 0.2) is 71.3 Å². The van der Waals surface area contributed by atoms with E-state index in [1.807, 2.05) is 12.1 Å². The average Bonchev–Trinajstić information content (AvgIpc) is 2.72. The number of anilines is 1. The predicted octanol–water partition coefficient (Wildman–Crippen LogP) is 5.05. The Bertz CT molecular complexity index is 768. The summed E-state index contributed by atoms with van der Waals surface area (Å²) in [6, 6.07) is 18.7. The molecule has 2 aliphatic rings. The fraction of sp³-hybridized carbons (Fsp3) is 0.250. The Morgan fingerprint density at radius 3 is 2.61 bits per heavy atom. The third kappa shape index (κ3) is 2.70. The molecular formula is C20H19NOS. The van der Waals surface area contributed by atoms with Gasteiger partial charge in [0.2, 0.25) is 0 Å². The quantitative estimate of drug-likeness (QED) is 0.796. The molecule has 1 heterocycles. The third-order valence-corrected chi connectivity index (χ3v) is 5.93. The first-order chi connectivity index (χ1) is 11.2. The molecule has 2 aromatic rings. The minimum Gasteiger partial charge on any atom is -0.358 e. The van der Waals surface area contributed by atoms with Gasteiger partial charge in [-0.05, 0) is 23.6 Å². The van der Waals surface area contributed by atoms with Gasteiger partial charge in [-0.1, -0.05) is 55.5 Å². The number of hydrogen-bond donors (Lipinski definition) is 1. The summed E-state index contributed by atoms with van der Waals surface area (Å²) in [6.45, 7) is 2.12. The van der Waals surface area contributed by atoms with Crippen LogP contribution in [0.5, 0.6) is 0 Å². The number of nitrogens with one attached hydrogen (secondary N) is 1. The van der Waals surface area contributed by atoms with Gasteiger partial charge in [-0.15, -0.1) is 11.8 Å². The predicted molar refractivity (Wildman–Crippen MR) is 95.5 cm³/mol. The van der Waals surface area contributed by atoms with Crippen LogP contribution in [0, 0.1) is 11.8 Å². The van der Waals surface area contributed by atoms with Gasteiger partial charge >= 0.3 is 0 Å². The van der Waals surface area contributed by atoms with Crippen molar-refractivity contribution in [2.24, 2.45) is 11.8 Å². The molecule has 0 unspecified atom stereocenters. The normalized spacial score (nSPS) is 26.4. The molecule has 0 saturated heterocycles. The molecule has 3 heteroatoms. The van der Waals surface area contributed by atoms with E-state index in [-0.39, 0.29) is 11.2 Å². The van der Waals surface area contributed by atoms with Crippen LogP contribution in [-0.2, 0) is 4.79 Å². The van der Waals surface area contributed by atoms with Crippen LogP contribution in [0.4, 0.5) is 5.69 Å². The van der Waals surface area contributed by atoms with Crippen molar-refractivity contribution in [1.29, 1.82) is 0 Å². The summed E-state index contributed by atoms with van der Waals surface area (Å²) in [4.78, 5) is 14.0. The van der Waals surface area contributed by atoms with E-state index in [4.69, 9.17) is 0 Å². The second-order valence-electron chi connectivity index (χ2n) is 6.32. The Morgan fingerprint density at radius 1 is 1.04 bits per heavy atom. The third-order valence-electron chi connectivity index (χ3n) is 4.52. The number of carbonyl (C=O) groups is 1. The maximum atomic E-state index is 12.8. The molecule has 0 bridgehead atoms. The van der Waals surface area contributed by atoms with Gasteiger partial charge in [0.05, 0.1) is 11.6 Å². The number of allylic oxidation sites excluding steroid dienone is 2. The van der Waals surface area contributed by atoms with E-state index in [2.05, 4.69) is 60.8 Å². The molecule has 1 aliphatic heterocycles. The average molecular weight is 321 g/mol. The lowest BCUT2D eigenvalue weighted by Crippen LogP contribution is -2.30. The number of fused-ring (bicyclic) bond motifs is 2. The van der Waals surface area contributed by atoms with Crippen molar-refractivity contribution >= 4 is 23.2 Å². The van der Waals surface area contributed by atoms with Crippen molar-refractivity contribution in [2.45, 2.75) is 23.5 Å². The number of Topliss-reactive ketones (excluding diaryl/α,β-unsaturated/α-hetero) is 1. The van der Waals surface area contributed by atoms with Crippen LogP contribution in [-0.4, -0.2) is 5.78 Å². The van der Waals surface area contributed by atoms with Gasteiger partial charge in [-0.2, -0.15) is 0 Å². The zero-order valence-corrected chi connectivity index (χ0v) is 13.8. The highest BCUT2D eigenvalue weighted by molar-refractivity contribution is 7.99. The molecule has 0 radical (unpaired) electrons. The second kappa shape index (κ2) is 5.89. The number of para-hydroxylation sites is 1. The molecule has 0 saturated carbocycles. The maximum absolute atomic E-state index is 12.8. The molecule has 1 N–H and O–H groups in total. The van der Waals surface area contributed by atoms with Gasteiger partial charge in [0.1, 0.15) is 5.78 Å². The summed E-state index contributed by atoms with van der Waals surface area (Å²) < 4.78 is 0. The summed E-state index contributed by atoms with van der Waals surface area (Å²) in [5, 5.41) is 3.67. The summed E-state index contributed by atoms with van der Waals surface area (Å²) in [5.41, 5.74) is 3.39. The van der Waals surface area contributed by atoms with E-state index in [0.717, 1.165) is 11.4 Å². The number of ketones is 1. The first-order valence-corrected chi connectivity index (χ1v) is 8.92. The highest BCUT2D eigenvalue weighted by atomic mass is 32.2. The fourth-order valence-electron chi connectivity index (χ4n) is 3.47. The topological polar surface area (TPSA) is 29.1 Å². The molecule has 2 aromatic carbocycles. The zero-order valence-electron chi connectivity index (χ0n) is 13.0. The maximum Gasteiger partial charge on any atom is 0.143 e. The Morgan fingerprint density at radius 2 is 1.78 bits per heavy atom. The molecule has 0 aromatic heterocycles. The van der Waals surface area contributed by atoms with E-state index in [1.165, 1.54) is 10.5 Å². The summed E-state index contributed by atoms with van der Waals surface area (Å²) in [6.07, 6.45) is 2.88. The van der Waals surface area contributed by atoms with Crippen molar-refractivity contribution in [1.82, 2.24) is 0 Å². The van der Waals surface area contributed by atoms with E-state index in [1.54, 1.807) is 11.8 Å². The van der Waals surface area contributed by atoms with Crippen molar-refractivity contribution < 1.29 is 4.79 Å². The number of hydrogen-bond acceptors (Lipinski definition) is 3. The van der Waals surface area contributed by atoms with Crippen LogP contribution >= 0.6 is 11.8 Å². The van der Waals surface area contributed by atoms with Gasteiger partial charge < -0.3 is 5.32 Å². The highest BCUT2D eigenvalue weighted by Crippen LogP contribution is 2.50. The molecule has 0 spiro atoms. The molecule has 1 aliphatic carbocycles.